The van der Waals surface area contributed by atoms with Crippen molar-refractivity contribution in [1.29, 1.82) is 0 Å². The molecule has 1 aliphatic heterocycles. The molecule has 1 amide bonds. The van der Waals surface area contributed by atoms with Crippen molar-refractivity contribution in [3.8, 4) is 0 Å². The van der Waals surface area contributed by atoms with Gasteiger partial charge in [0.25, 0.3) is 0 Å². The van der Waals surface area contributed by atoms with Crippen LogP contribution in [0.2, 0.25) is 0 Å². The molecule has 0 aromatic heterocycles. The molecule has 1 heterocycles. The van der Waals surface area contributed by atoms with E-state index in [9.17, 15) is 4.79 Å². The van der Waals surface area contributed by atoms with Crippen molar-refractivity contribution in [1.82, 2.24) is 10.3 Å². The molecule has 0 saturated carbocycles. The fraction of sp³-hybridized carbons (Fsp3) is 0.923. The zero-order chi connectivity index (χ0) is 12.5. The molecule has 0 aromatic rings. The zero-order valence-corrected chi connectivity index (χ0v) is 11.1. The maximum atomic E-state index is 10.9. The first-order valence-electron chi connectivity index (χ1n) is 6.94. The summed E-state index contributed by atoms with van der Waals surface area (Å²) in [5.74, 6) is 5.88. The fourth-order valence-electron chi connectivity index (χ4n) is 2.42. The van der Waals surface area contributed by atoms with Gasteiger partial charge in [-0.1, -0.05) is 13.3 Å². The van der Waals surface area contributed by atoms with Crippen LogP contribution in [0.4, 0.5) is 0 Å². The number of nitrogens with one attached hydrogen (secondary N) is 1. The molecular formula is C13H27N3O. The van der Waals surface area contributed by atoms with E-state index in [0.29, 0.717) is 6.42 Å². The van der Waals surface area contributed by atoms with Crippen LogP contribution >= 0.6 is 0 Å². The highest BCUT2D eigenvalue weighted by atomic mass is 16.2. The average molecular weight is 241 g/mol. The molecule has 100 valence electrons. The molecule has 1 fully saturated rings. The van der Waals surface area contributed by atoms with Crippen LogP contribution in [0.3, 0.4) is 0 Å². The number of hydrogen-bond acceptors (Lipinski definition) is 3. The Hall–Kier alpha value is -0.610. The summed E-state index contributed by atoms with van der Waals surface area (Å²) in [5, 5.41) is 0. The van der Waals surface area contributed by atoms with Gasteiger partial charge in [0.15, 0.2) is 0 Å². The molecular weight excluding hydrogens is 214 g/mol. The third-order valence-electron chi connectivity index (χ3n) is 3.65. The van der Waals surface area contributed by atoms with Crippen LogP contribution in [0.5, 0.6) is 0 Å². The Balaban J connectivity index is 2.00. The summed E-state index contributed by atoms with van der Waals surface area (Å²) in [6.45, 7) is 6.06. The highest BCUT2D eigenvalue weighted by molar-refractivity contribution is 5.74. The van der Waals surface area contributed by atoms with Gasteiger partial charge in [-0.05, 0) is 57.7 Å². The minimum Gasteiger partial charge on any atom is -0.303 e. The van der Waals surface area contributed by atoms with E-state index in [1.54, 1.807) is 0 Å². The van der Waals surface area contributed by atoms with Gasteiger partial charge in [-0.15, -0.1) is 0 Å². The molecule has 1 saturated heterocycles. The SMILES string of the molecule is CC1CCCN(CCCCCC(=O)NN)CC1. The van der Waals surface area contributed by atoms with Crippen molar-refractivity contribution in [2.75, 3.05) is 19.6 Å². The van der Waals surface area contributed by atoms with Gasteiger partial charge in [0.05, 0.1) is 0 Å². The summed E-state index contributed by atoms with van der Waals surface area (Å²) in [4.78, 5) is 13.5. The number of carbonyl (C=O) groups excluding carboxylic acids is 1. The van der Waals surface area contributed by atoms with E-state index in [-0.39, 0.29) is 5.91 Å². The summed E-state index contributed by atoms with van der Waals surface area (Å²) >= 11 is 0. The summed E-state index contributed by atoms with van der Waals surface area (Å²) in [6.07, 6.45) is 7.91. The lowest BCUT2D eigenvalue weighted by atomic mass is 10.0. The Morgan fingerprint density at radius 1 is 1.29 bits per heavy atom. The Morgan fingerprint density at radius 2 is 2.12 bits per heavy atom. The van der Waals surface area contributed by atoms with Crippen LogP contribution in [-0.2, 0) is 4.79 Å². The van der Waals surface area contributed by atoms with Crippen LogP contribution in [0.25, 0.3) is 0 Å². The lowest BCUT2D eigenvalue weighted by molar-refractivity contribution is -0.121. The molecule has 0 aliphatic carbocycles. The number of carbonyl (C=O) groups is 1. The van der Waals surface area contributed by atoms with Crippen molar-refractivity contribution in [2.45, 2.75) is 51.9 Å². The molecule has 0 aromatic carbocycles. The summed E-state index contributed by atoms with van der Waals surface area (Å²) in [6, 6.07) is 0. The van der Waals surface area contributed by atoms with Gasteiger partial charge in [-0.3, -0.25) is 10.2 Å². The normalized spacial score (nSPS) is 22.1. The van der Waals surface area contributed by atoms with Crippen LogP contribution in [0, 0.1) is 5.92 Å². The predicted octanol–water partition coefficient (Wildman–Crippen LogP) is 1.66. The molecule has 0 bridgehead atoms. The van der Waals surface area contributed by atoms with Gasteiger partial charge >= 0.3 is 0 Å². The first kappa shape index (κ1) is 14.5. The van der Waals surface area contributed by atoms with Gasteiger partial charge in [0.1, 0.15) is 0 Å². The topological polar surface area (TPSA) is 58.4 Å². The van der Waals surface area contributed by atoms with Crippen molar-refractivity contribution < 1.29 is 4.79 Å². The van der Waals surface area contributed by atoms with Gasteiger partial charge in [-0.25, -0.2) is 5.84 Å². The third kappa shape index (κ3) is 6.64. The van der Waals surface area contributed by atoms with Gasteiger partial charge < -0.3 is 4.90 Å². The van der Waals surface area contributed by atoms with Gasteiger partial charge in [0.2, 0.25) is 5.91 Å². The number of unbranched alkanes of at least 4 members (excludes halogenated alkanes) is 2. The van der Waals surface area contributed by atoms with E-state index in [1.165, 1.54) is 45.3 Å². The summed E-state index contributed by atoms with van der Waals surface area (Å²) in [7, 11) is 0. The number of hydrazine groups is 1. The third-order valence-corrected chi connectivity index (χ3v) is 3.65. The molecule has 17 heavy (non-hydrogen) atoms. The zero-order valence-electron chi connectivity index (χ0n) is 11.1. The van der Waals surface area contributed by atoms with Crippen molar-refractivity contribution in [3.63, 3.8) is 0 Å². The number of amides is 1. The Kier molecular flexibility index (Phi) is 7.21. The molecule has 3 N–H and O–H groups in total. The fourth-order valence-corrected chi connectivity index (χ4v) is 2.42. The number of rotatable bonds is 6. The predicted molar refractivity (Wildman–Crippen MR) is 70.3 cm³/mol. The van der Waals surface area contributed by atoms with Gasteiger partial charge in [0, 0.05) is 6.42 Å². The van der Waals surface area contributed by atoms with Crippen LogP contribution < -0.4 is 11.3 Å². The lowest BCUT2D eigenvalue weighted by Gasteiger charge is -2.19. The van der Waals surface area contributed by atoms with E-state index in [1.807, 2.05) is 0 Å². The molecule has 1 aliphatic rings. The average Bonchev–Trinajstić information content (AvgIpc) is 2.53. The van der Waals surface area contributed by atoms with E-state index in [2.05, 4.69) is 17.2 Å². The number of likely N-dealkylation sites (tertiary alicyclic amines) is 1. The lowest BCUT2D eigenvalue weighted by Crippen LogP contribution is -2.29. The quantitative estimate of drug-likeness (QED) is 0.322. The van der Waals surface area contributed by atoms with Crippen molar-refractivity contribution in [3.05, 3.63) is 0 Å². The smallest absolute Gasteiger partial charge is 0.233 e. The second kappa shape index (κ2) is 8.48. The monoisotopic (exact) mass is 241 g/mol. The Bertz CT molecular complexity index is 221. The second-order valence-electron chi connectivity index (χ2n) is 5.26. The minimum atomic E-state index is -0.0476. The molecule has 1 unspecified atom stereocenters. The van der Waals surface area contributed by atoms with E-state index in [0.717, 1.165) is 18.8 Å². The highest BCUT2D eigenvalue weighted by Gasteiger charge is 2.12. The summed E-state index contributed by atoms with van der Waals surface area (Å²) < 4.78 is 0. The standard InChI is InChI=1S/C13H27N3O/c1-12-6-5-10-16(11-8-12)9-4-2-3-7-13(17)15-14/h12H,2-11,14H2,1H3,(H,15,17). The first-order valence-corrected chi connectivity index (χ1v) is 6.94. The minimum absolute atomic E-state index is 0.0476. The van der Waals surface area contributed by atoms with Crippen molar-refractivity contribution in [2.24, 2.45) is 11.8 Å². The highest BCUT2D eigenvalue weighted by Crippen LogP contribution is 2.16. The number of nitrogens with zero attached hydrogens (tertiary/aromatic N) is 1. The Labute approximate surface area is 105 Å². The van der Waals surface area contributed by atoms with Crippen LogP contribution in [-0.4, -0.2) is 30.4 Å². The molecule has 1 atom stereocenters. The largest absolute Gasteiger partial charge is 0.303 e. The van der Waals surface area contributed by atoms with Crippen LogP contribution in [0.1, 0.15) is 51.9 Å². The molecule has 4 nitrogen and oxygen atoms in total. The molecule has 0 spiro atoms. The van der Waals surface area contributed by atoms with E-state index in [4.69, 9.17) is 5.84 Å². The summed E-state index contributed by atoms with van der Waals surface area (Å²) in [5.41, 5.74) is 2.17. The van der Waals surface area contributed by atoms with Crippen LogP contribution in [0.15, 0.2) is 0 Å². The van der Waals surface area contributed by atoms with Crippen molar-refractivity contribution >= 4 is 5.91 Å². The molecule has 0 radical (unpaired) electrons. The van der Waals surface area contributed by atoms with Gasteiger partial charge in [-0.2, -0.15) is 0 Å². The molecule has 4 heteroatoms. The second-order valence-corrected chi connectivity index (χ2v) is 5.26. The first-order chi connectivity index (χ1) is 8.22. The number of nitrogens with two attached hydrogens (primary N) is 1. The van der Waals surface area contributed by atoms with E-state index >= 15 is 0 Å². The maximum absolute atomic E-state index is 10.9. The molecule has 1 rings (SSSR count). The maximum Gasteiger partial charge on any atom is 0.233 e. The number of hydrogen-bond donors (Lipinski definition) is 2. The van der Waals surface area contributed by atoms with E-state index < -0.39 is 0 Å². The Morgan fingerprint density at radius 3 is 2.88 bits per heavy atom.